The molecule has 0 unspecified atom stereocenters. The molecule has 3 rings (SSSR count). The highest BCUT2D eigenvalue weighted by Gasteiger charge is 2.32. The number of nitrogens with one attached hydrogen (secondary N) is 1. The van der Waals surface area contributed by atoms with Crippen LogP contribution in [0, 0.1) is 19.8 Å². The van der Waals surface area contributed by atoms with Crippen molar-refractivity contribution >= 4 is 33.2 Å². The molecule has 0 bridgehead atoms. The highest BCUT2D eigenvalue weighted by atomic mass is 35.5. The van der Waals surface area contributed by atoms with E-state index < -0.39 is 10.0 Å². The molecular weight excluding hydrogens is 384 g/mol. The third-order valence-electron chi connectivity index (χ3n) is 4.93. The van der Waals surface area contributed by atoms with Gasteiger partial charge in [0.15, 0.2) is 0 Å². The molecule has 2 aromatic rings. The summed E-state index contributed by atoms with van der Waals surface area (Å²) in [6.45, 7) is 4.59. The Kier molecular flexibility index (Phi) is 5.89. The van der Waals surface area contributed by atoms with Gasteiger partial charge in [-0.15, -0.1) is 0 Å². The number of hydrogen-bond donors (Lipinski definition) is 1. The van der Waals surface area contributed by atoms with Gasteiger partial charge in [0, 0.05) is 29.7 Å². The lowest BCUT2D eigenvalue weighted by molar-refractivity contribution is -0.120. The molecular formula is C20H23ClN2O3S. The number of carbonyl (C=O) groups is 1. The first kappa shape index (κ1) is 19.9. The molecule has 1 saturated heterocycles. The Morgan fingerprint density at radius 2 is 1.70 bits per heavy atom. The lowest BCUT2D eigenvalue weighted by atomic mass is 9.97. The van der Waals surface area contributed by atoms with Crippen LogP contribution >= 0.6 is 11.6 Å². The van der Waals surface area contributed by atoms with Gasteiger partial charge in [0.25, 0.3) is 0 Å². The quantitative estimate of drug-likeness (QED) is 0.834. The van der Waals surface area contributed by atoms with Crippen LogP contribution in [0.3, 0.4) is 0 Å². The Morgan fingerprint density at radius 3 is 2.33 bits per heavy atom. The molecule has 1 amide bonds. The molecule has 1 heterocycles. The summed E-state index contributed by atoms with van der Waals surface area (Å²) in [4.78, 5) is 12.8. The average Bonchev–Trinajstić information content (AvgIpc) is 2.65. The summed E-state index contributed by atoms with van der Waals surface area (Å²) in [6.07, 6.45) is 1.01. The highest BCUT2D eigenvalue weighted by molar-refractivity contribution is 7.89. The fourth-order valence-corrected chi connectivity index (χ4v) is 4.81. The number of amides is 1. The first-order chi connectivity index (χ1) is 12.8. The van der Waals surface area contributed by atoms with Crippen LogP contribution in [0.2, 0.25) is 5.02 Å². The van der Waals surface area contributed by atoms with E-state index >= 15 is 0 Å². The van der Waals surface area contributed by atoms with Crippen LogP contribution in [0.25, 0.3) is 0 Å². The molecule has 1 aliphatic rings. The fourth-order valence-electron chi connectivity index (χ4n) is 3.22. The molecule has 7 heteroatoms. The van der Waals surface area contributed by atoms with Crippen molar-refractivity contribution in [3.05, 3.63) is 58.6 Å². The molecule has 27 heavy (non-hydrogen) atoms. The summed E-state index contributed by atoms with van der Waals surface area (Å²) in [5.74, 6) is -0.242. The minimum atomic E-state index is -3.56. The van der Waals surface area contributed by atoms with Crippen molar-refractivity contribution in [3.63, 3.8) is 0 Å². The molecule has 1 aliphatic heterocycles. The molecule has 2 aromatic carbocycles. The number of rotatable bonds is 4. The summed E-state index contributed by atoms with van der Waals surface area (Å²) >= 11 is 5.84. The van der Waals surface area contributed by atoms with E-state index in [4.69, 9.17) is 11.6 Å². The normalized spacial score (nSPS) is 16.3. The smallest absolute Gasteiger partial charge is 0.243 e. The number of nitrogens with zero attached hydrogens (tertiary/aromatic N) is 1. The van der Waals surface area contributed by atoms with Gasteiger partial charge in [-0.2, -0.15) is 4.31 Å². The van der Waals surface area contributed by atoms with Crippen molar-refractivity contribution < 1.29 is 13.2 Å². The Bertz CT molecular complexity index is 934. The Balaban J connectivity index is 1.63. The van der Waals surface area contributed by atoms with E-state index in [1.54, 1.807) is 12.1 Å². The molecule has 1 N–H and O–H groups in total. The zero-order valence-corrected chi connectivity index (χ0v) is 17.0. The Hall–Kier alpha value is -1.89. The first-order valence-corrected chi connectivity index (χ1v) is 10.7. The zero-order valence-electron chi connectivity index (χ0n) is 15.4. The predicted octanol–water partition coefficient (Wildman–Crippen LogP) is 4.00. The van der Waals surface area contributed by atoms with Crippen molar-refractivity contribution in [1.82, 2.24) is 4.31 Å². The van der Waals surface area contributed by atoms with Gasteiger partial charge in [0.2, 0.25) is 15.9 Å². The minimum absolute atomic E-state index is 0.0489. The van der Waals surface area contributed by atoms with Gasteiger partial charge in [0.05, 0.1) is 4.90 Å². The van der Waals surface area contributed by atoms with Crippen LogP contribution in [-0.2, 0) is 14.8 Å². The van der Waals surface area contributed by atoms with Gasteiger partial charge >= 0.3 is 0 Å². The summed E-state index contributed by atoms with van der Waals surface area (Å²) in [5.41, 5.74) is 2.91. The second kappa shape index (κ2) is 8.00. The van der Waals surface area contributed by atoms with Gasteiger partial charge in [-0.25, -0.2) is 8.42 Å². The molecule has 0 spiro atoms. The number of halogens is 1. The van der Waals surface area contributed by atoms with Crippen LogP contribution in [0.15, 0.2) is 47.4 Å². The molecule has 1 fully saturated rings. The van der Waals surface area contributed by atoms with Crippen molar-refractivity contribution in [2.75, 3.05) is 18.4 Å². The minimum Gasteiger partial charge on any atom is -0.326 e. The Morgan fingerprint density at radius 1 is 1.07 bits per heavy atom. The van der Waals surface area contributed by atoms with Gasteiger partial charge in [-0.05, 0) is 68.1 Å². The molecule has 0 aliphatic carbocycles. The van der Waals surface area contributed by atoms with Crippen LogP contribution in [0.4, 0.5) is 5.69 Å². The summed E-state index contributed by atoms with van der Waals surface area (Å²) < 4.78 is 26.9. The van der Waals surface area contributed by atoms with E-state index in [0.717, 1.165) is 16.8 Å². The molecule has 5 nitrogen and oxygen atoms in total. The second-order valence-electron chi connectivity index (χ2n) is 6.94. The Labute approximate surface area is 165 Å². The second-order valence-corrected chi connectivity index (χ2v) is 9.31. The summed E-state index contributed by atoms with van der Waals surface area (Å²) in [7, 11) is -3.56. The topological polar surface area (TPSA) is 66.5 Å². The lowest BCUT2D eigenvalue weighted by Gasteiger charge is -2.30. The van der Waals surface area contributed by atoms with E-state index in [-0.39, 0.29) is 16.7 Å². The highest BCUT2D eigenvalue weighted by Crippen LogP contribution is 2.26. The number of aryl methyl sites for hydroxylation is 2. The SMILES string of the molecule is Cc1ccc(C)c(NC(=O)C2CCN(S(=O)(=O)c3ccc(Cl)cc3)CC2)c1. The largest absolute Gasteiger partial charge is 0.326 e. The lowest BCUT2D eigenvalue weighted by Crippen LogP contribution is -2.41. The maximum absolute atomic E-state index is 12.7. The van der Waals surface area contributed by atoms with Crippen LogP contribution < -0.4 is 5.32 Å². The number of benzene rings is 2. The van der Waals surface area contributed by atoms with E-state index in [1.165, 1.54) is 16.4 Å². The van der Waals surface area contributed by atoms with E-state index in [2.05, 4.69) is 5.32 Å². The maximum Gasteiger partial charge on any atom is 0.243 e. The van der Waals surface area contributed by atoms with Gasteiger partial charge < -0.3 is 5.32 Å². The molecule has 0 atom stereocenters. The summed E-state index contributed by atoms with van der Waals surface area (Å²) in [5, 5.41) is 3.49. The van der Waals surface area contributed by atoms with E-state index in [9.17, 15) is 13.2 Å². The van der Waals surface area contributed by atoms with Gasteiger partial charge in [-0.3, -0.25) is 4.79 Å². The van der Waals surface area contributed by atoms with Crippen LogP contribution in [0.1, 0.15) is 24.0 Å². The third kappa shape index (κ3) is 4.51. The average molecular weight is 407 g/mol. The fraction of sp³-hybridized carbons (Fsp3) is 0.350. The number of piperidine rings is 1. The third-order valence-corrected chi connectivity index (χ3v) is 7.09. The number of anilines is 1. The van der Waals surface area contributed by atoms with Gasteiger partial charge in [-0.1, -0.05) is 23.7 Å². The van der Waals surface area contributed by atoms with Crippen molar-refractivity contribution in [2.45, 2.75) is 31.6 Å². The van der Waals surface area contributed by atoms with E-state index in [0.29, 0.717) is 31.0 Å². The monoisotopic (exact) mass is 406 g/mol. The number of carbonyl (C=O) groups excluding carboxylic acids is 1. The maximum atomic E-state index is 12.7. The molecule has 0 saturated carbocycles. The predicted molar refractivity (Wildman–Crippen MR) is 107 cm³/mol. The van der Waals surface area contributed by atoms with Gasteiger partial charge in [0.1, 0.15) is 0 Å². The zero-order chi connectivity index (χ0) is 19.6. The molecule has 0 radical (unpaired) electrons. The molecule has 144 valence electrons. The van der Waals surface area contributed by atoms with E-state index in [1.807, 2.05) is 32.0 Å². The molecule has 0 aromatic heterocycles. The number of sulfonamides is 1. The first-order valence-electron chi connectivity index (χ1n) is 8.91. The van der Waals surface area contributed by atoms with Crippen molar-refractivity contribution in [2.24, 2.45) is 5.92 Å². The van der Waals surface area contributed by atoms with Crippen LogP contribution in [-0.4, -0.2) is 31.7 Å². The summed E-state index contributed by atoms with van der Waals surface area (Å²) in [6, 6.07) is 12.1. The van der Waals surface area contributed by atoms with Crippen molar-refractivity contribution in [1.29, 1.82) is 0 Å². The van der Waals surface area contributed by atoms with Crippen molar-refractivity contribution in [3.8, 4) is 0 Å². The van der Waals surface area contributed by atoms with Crippen LogP contribution in [0.5, 0.6) is 0 Å². The number of hydrogen-bond acceptors (Lipinski definition) is 3. The standard InChI is InChI=1S/C20H23ClN2O3S/c1-14-3-4-15(2)19(13-14)22-20(24)16-9-11-23(12-10-16)27(25,26)18-7-5-17(21)6-8-18/h3-8,13,16H,9-12H2,1-2H3,(H,22,24).